The summed E-state index contributed by atoms with van der Waals surface area (Å²) in [5.74, 6) is 0.612. The molecule has 0 amide bonds. The predicted molar refractivity (Wildman–Crippen MR) is 82.4 cm³/mol. The van der Waals surface area contributed by atoms with Crippen LogP contribution >= 0.6 is 0 Å². The molecule has 0 saturated carbocycles. The molecule has 110 valence electrons. The SMILES string of the molecule is CCS(=O)(=O)NCCNc1cc(C#N)c2ccccc2n1. The van der Waals surface area contributed by atoms with Crippen molar-refractivity contribution in [2.45, 2.75) is 6.92 Å². The van der Waals surface area contributed by atoms with Crippen molar-refractivity contribution in [2.75, 3.05) is 24.2 Å². The summed E-state index contributed by atoms with van der Waals surface area (Å²) in [5.41, 5.74) is 1.27. The Bertz CT molecular complexity index is 781. The van der Waals surface area contributed by atoms with Gasteiger partial charge in [-0.1, -0.05) is 18.2 Å². The van der Waals surface area contributed by atoms with Crippen molar-refractivity contribution in [3.8, 4) is 6.07 Å². The Morgan fingerprint density at radius 2 is 2.05 bits per heavy atom. The van der Waals surface area contributed by atoms with Crippen LogP contribution in [0.4, 0.5) is 5.82 Å². The van der Waals surface area contributed by atoms with E-state index in [1.54, 1.807) is 13.0 Å². The summed E-state index contributed by atoms with van der Waals surface area (Å²) in [4.78, 5) is 4.40. The number of nitrogens with one attached hydrogen (secondary N) is 2. The van der Waals surface area contributed by atoms with Crippen molar-refractivity contribution < 1.29 is 8.42 Å². The zero-order valence-electron chi connectivity index (χ0n) is 11.6. The molecule has 2 aromatic rings. The normalized spacial score (nSPS) is 11.2. The number of sulfonamides is 1. The summed E-state index contributed by atoms with van der Waals surface area (Å²) in [7, 11) is -3.18. The van der Waals surface area contributed by atoms with Crippen molar-refractivity contribution in [1.82, 2.24) is 9.71 Å². The molecule has 2 rings (SSSR count). The van der Waals surface area contributed by atoms with Gasteiger partial charge in [-0.05, 0) is 19.1 Å². The van der Waals surface area contributed by atoms with E-state index in [4.69, 9.17) is 0 Å². The number of hydrogen-bond acceptors (Lipinski definition) is 5. The number of nitriles is 1. The lowest BCUT2D eigenvalue weighted by Crippen LogP contribution is -2.30. The zero-order valence-corrected chi connectivity index (χ0v) is 12.4. The second-order valence-electron chi connectivity index (χ2n) is 4.41. The Labute approximate surface area is 123 Å². The Kier molecular flexibility index (Phi) is 4.73. The highest BCUT2D eigenvalue weighted by atomic mass is 32.2. The van der Waals surface area contributed by atoms with Crippen LogP contribution in [0.3, 0.4) is 0 Å². The minimum Gasteiger partial charge on any atom is -0.369 e. The molecule has 0 radical (unpaired) electrons. The first-order valence-electron chi connectivity index (χ1n) is 6.57. The maximum absolute atomic E-state index is 11.3. The molecular formula is C14H16N4O2S. The Morgan fingerprint density at radius 1 is 1.29 bits per heavy atom. The van der Waals surface area contributed by atoms with Crippen LogP contribution in [-0.4, -0.2) is 32.2 Å². The van der Waals surface area contributed by atoms with Crippen molar-refractivity contribution in [3.05, 3.63) is 35.9 Å². The minimum absolute atomic E-state index is 0.0554. The van der Waals surface area contributed by atoms with Crippen molar-refractivity contribution in [1.29, 1.82) is 5.26 Å². The van der Waals surface area contributed by atoms with Gasteiger partial charge in [-0.2, -0.15) is 5.26 Å². The Hall–Kier alpha value is -2.17. The lowest BCUT2D eigenvalue weighted by atomic mass is 10.1. The van der Waals surface area contributed by atoms with Gasteiger partial charge >= 0.3 is 0 Å². The molecule has 1 heterocycles. The van der Waals surface area contributed by atoms with E-state index in [9.17, 15) is 13.7 Å². The third-order valence-corrected chi connectivity index (χ3v) is 4.37. The molecule has 21 heavy (non-hydrogen) atoms. The first-order chi connectivity index (χ1) is 10.1. The van der Waals surface area contributed by atoms with Gasteiger partial charge in [0.25, 0.3) is 0 Å². The van der Waals surface area contributed by atoms with Crippen LogP contribution in [0.15, 0.2) is 30.3 Å². The van der Waals surface area contributed by atoms with E-state index in [0.29, 0.717) is 17.9 Å². The van der Waals surface area contributed by atoms with E-state index in [-0.39, 0.29) is 12.3 Å². The molecule has 6 nitrogen and oxygen atoms in total. The number of anilines is 1. The maximum atomic E-state index is 11.3. The first-order valence-corrected chi connectivity index (χ1v) is 8.22. The fourth-order valence-corrected chi connectivity index (χ4v) is 2.47. The zero-order chi connectivity index (χ0) is 15.3. The summed E-state index contributed by atoms with van der Waals surface area (Å²) in [6, 6.07) is 11.2. The molecule has 0 atom stereocenters. The maximum Gasteiger partial charge on any atom is 0.211 e. The van der Waals surface area contributed by atoms with Gasteiger partial charge in [-0.15, -0.1) is 0 Å². The van der Waals surface area contributed by atoms with Gasteiger partial charge in [-0.25, -0.2) is 18.1 Å². The highest BCUT2D eigenvalue weighted by molar-refractivity contribution is 7.89. The fourth-order valence-electron chi connectivity index (χ4n) is 1.86. The van der Waals surface area contributed by atoms with Crippen molar-refractivity contribution >= 4 is 26.7 Å². The number of hydrogen-bond donors (Lipinski definition) is 2. The van der Waals surface area contributed by atoms with Crippen molar-refractivity contribution in [3.63, 3.8) is 0 Å². The lowest BCUT2D eigenvalue weighted by Gasteiger charge is -2.09. The van der Waals surface area contributed by atoms with E-state index in [1.807, 2.05) is 24.3 Å². The average Bonchev–Trinajstić information content (AvgIpc) is 2.50. The van der Waals surface area contributed by atoms with Gasteiger partial charge in [0, 0.05) is 18.5 Å². The van der Waals surface area contributed by atoms with Gasteiger partial charge in [-0.3, -0.25) is 0 Å². The standard InChI is InChI=1S/C14H16N4O2S/c1-2-21(19,20)17-8-7-16-14-9-11(10-15)12-5-3-4-6-13(12)18-14/h3-6,9,17H,2,7-8H2,1H3,(H,16,18). The fraction of sp³-hybridized carbons (Fsp3) is 0.286. The van der Waals surface area contributed by atoms with E-state index in [1.165, 1.54) is 0 Å². The molecule has 0 unspecified atom stereocenters. The highest BCUT2D eigenvalue weighted by Gasteiger charge is 2.06. The largest absolute Gasteiger partial charge is 0.369 e. The number of fused-ring (bicyclic) bond motifs is 1. The van der Waals surface area contributed by atoms with Gasteiger partial charge in [0.05, 0.1) is 22.9 Å². The van der Waals surface area contributed by atoms with Crippen LogP contribution in [0, 0.1) is 11.3 Å². The summed E-state index contributed by atoms with van der Waals surface area (Å²) in [6.07, 6.45) is 0. The van der Waals surface area contributed by atoms with Crippen LogP contribution in [0.2, 0.25) is 0 Å². The molecule has 0 bridgehead atoms. The molecule has 0 fully saturated rings. The van der Waals surface area contributed by atoms with Crippen LogP contribution in [0.5, 0.6) is 0 Å². The Morgan fingerprint density at radius 3 is 2.76 bits per heavy atom. The van der Waals surface area contributed by atoms with Crippen LogP contribution < -0.4 is 10.0 Å². The summed E-state index contributed by atoms with van der Waals surface area (Å²) in [5, 5.41) is 13.0. The van der Waals surface area contributed by atoms with Crippen molar-refractivity contribution in [2.24, 2.45) is 0 Å². The van der Waals surface area contributed by atoms with E-state index in [0.717, 1.165) is 10.9 Å². The third-order valence-electron chi connectivity index (χ3n) is 2.97. The second-order valence-corrected chi connectivity index (χ2v) is 6.50. The number of pyridine rings is 1. The molecule has 0 saturated heterocycles. The van der Waals surface area contributed by atoms with E-state index in [2.05, 4.69) is 21.1 Å². The summed E-state index contributed by atoms with van der Waals surface area (Å²) in [6.45, 7) is 2.25. The minimum atomic E-state index is -3.18. The van der Waals surface area contributed by atoms with Crippen LogP contribution in [0.25, 0.3) is 10.9 Å². The highest BCUT2D eigenvalue weighted by Crippen LogP contribution is 2.19. The number of benzene rings is 1. The molecule has 0 aliphatic heterocycles. The topological polar surface area (TPSA) is 94.9 Å². The summed E-state index contributed by atoms with van der Waals surface area (Å²) >= 11 is 0. The van der Waals surface area contributed by atoms with E-state index < -0.39 is 10.0 Å². The molecule has 1 aromatic carbocycles. The molecule has 1 aromatic heterocycles. The molecular weight excluding hydrogens is 288 g/mol. The van der Waals surface area contributed by atoms with Gasteiger partial charge in [0.1, 0.15) is 5.82 Å². The number of rotatable bonds is 6. The molecule has 0 aliphatic rings. The number of para-hydroxylation sites is 1. The van der Waals surface area contributed by atoms with Gasteiger partial charge in [0.2, 0.25) is 10.0 Å². The predicted octanol–water partition coefficient (Wildman–Crippen LogP) is 1.46. The number of aromatic nitrogens is 1. The first kappa shape index (κ1) is 15.2. The lowest BCUT2D eigenvalue weighted by molar-refractivity contribution is 0.584. The molecule has 0 aliphatic carbocycles. The monoisotopic (exact) mass is 304 g/mol. The second kappa shape index (κ2) is 6.52. The van der Waals surface area contributed by atoms with E-state index >= 15 is 0 Å². The van der Waals surface area contributed by atoms with Crippen LogP contribution in [-0.2, 0) is 10.0 Å². The molecule has 2 N–H and O–H groups in total. The summed E-state index contributed by atoms with van der Waals surface area (Å²) < 4.78 is 25.0. The molecule has 7 heteroatoms. The molecule has 0 spiro atoms. The third kappa shape index (κ3) is 3.90. The number of nitrogens with zero attached hydrogens (tertiary/aromatic N) is 2. The Balaban J connectivity index is 2.08. The smallest absolute Gasteiger partial charge is 0.211 e. The van der Waals surface area contributed by atoms with Gasteiger partial charge in [0.15, 0.2) is 0 Å². The van der Waals surface area contributed by atoms with Crippen LogP contribution in [0.1, 0.15) is 12.5 Å². The quantitative estimate of drug-likeness (QED) is 0.788. The average molecular weight is 304 g/mol. The van der Waals surface area contributed by atoms with Gasteiger partial charge < -0.3 is 5.32 Å².